The van der Waals surface area contributed by atoms with E-state index in [0.29, 0.717) is 0 Å². The number of hydrogen-bond acceptors (Lipinski definition) is 4. The SMILES string of the molecule is C=CC(=O)OCCC(=O)O[Si](CCCCCCCC)(CCCCCCCC)CCCCCCCC. The van der Waals surface area contributed by atoms with E-state index in [0.717, 1.165) is 24.2 Å². The van der Waals surface area contributed by atoms with E-state index in [9.17, 15) is 9.59 Å². The predicted octanol–water partition coefficient (Wildman–Crippen LogP) is 9.68. The number of ether oxygens (including phenoxy) is 1. The van der Waals surface area contributed by atoms with Gasteiger partial charge < -0.3 is 9.16 Å². The van der Waals surface area contributed by atoms with Crippen molar-refractivity contribution in [3.05, 3.63) is 12.7 Å². The van der Waals surface area contributed by atoms with Gasteiger partial charge in [-0.15, -0.1) is 0 Å². The number of esters is 1. The van der Waals surface area contributed by atoms with Crippen LogP contribution in [0.1, 0.15) is 143 Å². The van der Waals surface area contributed by atoms with E-state index < -0.39 is 14.3 Å². The maximum Gasteiger partial charge on any atom is 0.330 e. The zero-order valence-corrected chi connectivity index (χ0v) is 24.7. The third kappa shape index (κ3) is 20.8. The Hall–Kier alpha value is -1.10. The normalized spacial score (nSPS) is 11.4. The minimum atomic E-state index is -2.16. The highest BCUT2D eigenvalue weighted by molar-refractivity contribution is 6.75. The molecule has 0 aliphatic carbocycles. The zero-order valence-electron chi connectivity index (χ0n) is 23.7. The van der Waals surface area contributed by atoms with Crippen LogP contribution in [0.4, 0.5) is 0 Å². The lowest BCUT2D eigenvalue weighted by Gasteiger charge is -2.32. The highest BCUT2D eigenvalue weighted by atomic mass is 28.4. The van der Waals surface area contributed by atoms with Gasteiger partial charge in [-0.3, -0.25) is 4.79 Å². The number of rotatable bonds is 26. The number of unbranched alkanes of at least 4 members (excludes halogenated alkanes) is 15. The number of carbonyl (C=O) groups excluding carboxylic acids is 2. The average molecular weight is 511 g/mol. The van der Waals surface area contributed by atoms with Gasteiger partial charge in [0.2, 0.25) is 0 Å². The second-order valence-electron chi connectivity index (χ2n) is 10.3. The van der Waals surface area contributed by atoms with Gasteiger partial charge in [0.25, 0.3) is 14.3 Å². The summed E-state index contributed by atoms with van der Waals surface area (Å²) in [6.45, 7) is 10.3. The Kier molecular flexibility index (Phi) is 23.8. The molecule has 206 valence electrons. The molecule has 0 saturated carbocycles. The second kappa shape index (κ2) is 24.6. The van der Waals surface area contributed by atoms with Crippen molar-refractivity contribution in [1.29, 1.82) is 0 Å². The zero-order chi connectivity index (χ0) is 26.0. The first-order chi connectivity index (χ1) is 17.0. The summed E-state index contributed by atoms with van der Waals surface area (Å²) in [6.07, 6.45) is 24.1. The van der Waals surface area contributed by atoms with Crippen molar-refractivity contribution in [1.82, 2.24) is 0 Å². The third-order valence-corrected chi connectivity index (χ3v) is 11.5. The first-order valence-corrected chi connectivity index (χ1v) is 17.6. The molecule has 0 saturated heterocycles. The Balaban J connectivity index is 5.05. The topological polar surface area (TPSA) is 52.6 Å². The lowest BCUT2D eigenvalue weighted by Crippen LogP contribution is -2.40. The molecule has 0 unspecified atom stereocenters. The quantitative estimate of drug-likeness (QED) is 0.0503. The fourth-order valence-electron chi connectivity index (χ4n) is 4.80. The van der Waals surface area contributed by atoms with E-state index in [1.807, 2.05) is 0 Å². The predicted molar refractivity (Wildman–Crippen MR) is 152 cm³/mol. The average Bonchev–Trinajstić information content (AvgIpc) is 2.85. The third-order valence-electron chi connectivity index (χ3n) is 7.01. The van der Waals surface area contributed by atoms with Crippen molar-refractivity contribution in [2.24, 2.45) is 0 Å². The molecule has 0 spiro atoms. The molecule has 0 aliphatic rings. The molecular formula is C30H58O4Si. The molecule has 5 heteroatoms. The van der Waals surface area contributed by atoms with Crippen LogP contribution in [-0.2, 0) is 18.8 Å². The Morgan fingerprint density at radius 2 is 1.00 bits per heavy atom. The maximum absolute atomic E-state index is 12.8. The van der Waals surface area contributed by atoms with Crippen LogP contribution in [0.5, 0.6) is 0 Å². The van der Waals surface area contributed by atoms with Gasteiger partial charge in [0.1, 0.15) is 6.61 Å². The Morgan fingerprint density at radius 3 is 1.37 bits per heavy atom. The summed E-state index contributed by atoms with van der Waals surface area (Å²) in [4.78, 5) is 24.2. The van der Waals surface area contributed by atoms with E-state index in [1.54, 1.807) is 0 Å². The van der Waals surface area contributed by atoms with E-state index >= 15 is 0 Å². The molecule has 0 N–H and O–H groups in total. The van der Waals surface area contributed by atoms with Crippen molar-refractivity contribution in [3.63, 3.8) is 0 Å². The van der Waals surface area contributed by atoms with Gasteiger partial charge in [-0.25, -0.2) is 4.79 Å². The minimum Gasteiger partial charge on any atom is -0.519 e. The monoisotopic (exact) mass is 510 g/mol. The Morgan fingerprint density at radius 1 is 0.629 bits per heavy atom. The summed E-state index contributed by atoms with van der Waals surface area (Å²) < 4.78 is 11.5. The summed E-state index contributed by atoms with van der Waals surface area (Å²) >= 11 is 0. The Labute approximate surface area is 219 Å². The molecule has 0 amide bonds. The van der Waals surface area contributed by atoms with Crippen molar-refractivity contribution < 1.29 is 18.8 Å². The van der Waals surface area contributed by atoms with Crippen molar-refractivity contribution in [3.8, 4) is 0 Å². The fourth-order valence-corrected chi connectivity index (χ4v) is 9.12. The van der Waals surface area contributed by atoms with Gasteiger partial charge in [0, 0.05) is 6.08 Å². The van der Waals surface area contributed by atoms with Crippen LogP contribution in [0.25, 0.3) is 0 Å². The van der Waals surface area contributed by atoms with Gasteiger partial charge in [0.05, 0.1) is 6.42 Å². The maximum atomic E-state index is 12.8. The number of carbonyl (C=O) groups is 2. The summed E-state index contributed by atoms with van der Waals surface area (Å²) in [5.74, 6) is -0.649. The van der Waals surface area contributed by atoms with Crippen LogP contribution in [0.3, 0.4) is 0 Å². The molecule has 0 heterocycles. The first-order valence-electron chi connectivity index (χ1n) is 15.0. The molecule has 0 rings (SSSR count). The summed E-state index contributed by atoms with van der Waals surface area (Å²) in [5, 5.41) is 0. The van der Waals surface area contributed by atoms with Gasteiger partial charge in [-0.1, -0.05) is 143 Å². The summed E-state index contributed by atoms with van der Waals surface area (Å²) in [6, 6.07) is 3.30. The highest BCUT2D eigenvalue weighted by Gasteiger charge is 2.37. The van der Waals surface area contributed by atoms with Crippen LogP contribution in [0, 0.1) is 0 Å². The molecule has 0 fully saturated rings. The largest absolute Gasteiger partial charge is 0.519 e. The molecule has 0 radical (unpaired) electrons. The van der Waals surface area contributed by atoms with Crippen LogP contribution >= 0.6 is 0 Å². The highest BCUT2D eigenvalue weighted by Crippen LogP contribution is 2.31. The van der Waals surface area contributed by atoms with E-state index in [2.05, 4.69) is 27.4 Å². The molecular weight excluding hydrogens is 452 g/mol. The van der Waals surface area contributed by atoms with Crippen LogP contribution in [0.15, 0.2) is 12.7 Å². The van der Waals surface area contributed by atoms with Gasteiger partial charge in [-0.05, 0) is 18.1 Å². The van der Waals surface area contributed by atoms with Gasteiger partial charge in [-0.2, -0.15) is 0 Å². The summed E-state index contributed by atoms with van der Waals surface area (Å²) in [7, 11) is -2.16. The fraction of sp³-hybridized carbons (Fsp3) is 0.867. The molecule has 0 aromatic heterocycles. The van der Waals surface area contributed by atoms with Crippen molar-refractivity contribution >= 4 is 20.3 Å². The lowest BCUT2D eigenvalue weighted by atomic mass is 10.1. The minimum absolute atomic E-state index is 0.0826. The van der Waals surface area contributed by atoms with E-state index in [1.165, 1.54) is 116 Å². The summed E-state index contributed by atoms with van der Waals surface area (Å²) in [5.41, 5.74) is 0. The molecule has 0 atom stereocenters. The van der Waals surface area contributed by atoms with Crippen molar-refractivity contribution in [2.75, 3.05) is 6.61 Å². The van der Waals surface area contributed by atoms with Crippen LogP contribution in [-0.4, -0.2) is 26.9 Å². The standard InChI is InChI=1S/C30H58O4Si/c1-5-9-12-15-18-21-26-35(27-22-19-16-13-10-6-2,28-23-20-17-14-11-7-3)34-30(32)24-25-33-29(31)8-4/h8H,4-7,9-28H2,1-3H3. The van der Waals surface area contributed by atoms with Crippen LogP contribution in [0.2, 0.25) is 18.1 Å². The van der Waals surface area contributed by atoms with Crippen LogP contribution < -0.4 is 0 Å². The second-order valence-corrected chi connectivity index (χ2v) is 14.4. The molecule has 0 bridgehead atoms. The molecule has 0 aromatic carbocycles. The van der Waals surface area contributed by atoms with Crippen molar-refractivity contribution in [2.45, 2.75) is 161 Å². The smallest absolute Gasteiger partial charge is 0.330 e. The van der Waals surface area contributed by atoms with E-state index in [4.69, 9.17) is 9.16 Å². The molecule has 35 heavy (non-hydrogen) atoms. The lowest BCUT2D eigenvalue weighted by molar-refractivity contribution is -0.141. The Bertz CT molecular complexity index is 480. The first kappa shape index (κ1) is 33.9. The molecule has 0 aliphatic heterocycles. The molecule has 0 aromatic rings. The number of hydrogen-bond donors (Lipinski definition) is 0. The van der Waals surface area contributed by atoms with Gasteiger partial charge >= 0.3 is 5.97 Å². The van der Waals surface area contributed by atoms with Gasteiger partial charge in [0.15, 0.2) is 0 Å². The van der Waals surface area contributed by atoms with E-state index in [-0.39, 0.29) is 19.0 Å². The molecule has 4 nitrogen and oxygen atoms in total.